The minimum absolute atomic E-state index is 0.0775. The molecule has 2 aromatic rings. The zero-order chi connectivity index (χ0) is 18.1. The largest absolute Gasteiger partial charge is 0.490 e. The highest BCUT2D eigenvalue weighted by atomic mass is 16.5. The molecular formula is C19H18N4O2. The lowest BCUT2D eigenvalue weighted by atomic mass is 10.1. The molecule has 126 valence electrons. The van der Waals surface area contributed by atoms with Gasteiger partial charge < -0.3 is 10.5 Å². The highest BCUT2D eigenvalue weighted by Gasteiger charge is 2.10. The predicted molar refractivity (Wildman–Crippen MR) is 96.3 cm³/mol. The number of nitrogens with one attached hydrogen (secondary N) is 1. The molecule has 0 saturated carbocycles. The van der Waals surface area contributed by atoms with Gasteiger partial charge in [0, 0.05) is 5.56 Å². The van der Waals surface area contributed by atoms with Crippen LogP contribution in [0.5, 0.6) is 0 Å². The van der Waals surface area contributed by atoms with Crippen LogP contribution in [-0.2, 0) is 4.74 Å². The zero-order valence-corrected chi connectivity index (χ0v) is 13.8. The number of rotatable bonds is 6. The number of primary amides is 1. The monoisotopic (exact) mass is 334 g/mol. The van der Waals surface area contributed by atoms with Crippen molar-refractivity contribution in [3.05, 3.63) is 77.5 Å². The molecule has 2 amide bonds. The summed E-state index contributed by atoms with van der Waals surface area (Å²) in [6.45, 7) is 1.80. The van der Waals surface area contributed by atoms with Crippen molar-refractivity contribution in [2.45, 2.75) is 6.92 Å². The van der Waals surface area contributed by atoms with Crippen molar-refractivity contribution in [3.8, 4) is 6.07 Å². The molecule has 0 aliphatic rings. The molecule has 0 unspecified atom stereocenters. The lowest BCUT2D eigenvalue weighted by molar-refractivity contribution is 0.248. The number of allylic oxidation sites excluding steroid dienone is 2. The summed E-state index contributed by atoms with van der Waals surface area (Å²) in [7, 11) is 0. The van der Waals surface area contributed by atoms with Crippen molar-refractivity contribution < 1.29 is 9.53 Å². The molecule has 0 fully saturated rings. The minimum Gasteiger partial charge on any atom is -0.490 e. The van der Waals surface area contributed by atoms with Crippen LogP contribution in [0, 0.1) is 11.3 Å². The van der Waals surface area contributed by atoms with Gasteiger partial charge in [-0.2, -0.15) is 10.4 Å². The van der Waals surface area contributed by atoms with E-state index in [4.69, 9.17) is 10.5 Å². The molecule has 0 radical (unpaired) electrons. The molecule has 0 aliphatic heterocycles. The van der Waals surface area contributed by atoms with E-state index in [1.54, 1.807) is 6.92 Å². The van der Waals surface area contributed by atoms with Crippen molar-refractivity contribution in [2.24, 2.45) is 10.8 Å². The smallest absolute Gasteiger partial charge is 0.332 e. The first-order valence-corrected chi connectivity index (χ1v) is 7.58. The number of hydrazone groups is 1. The van der Waals surface area contributed by atoms with Gasteiger partial charge in [0.25, 0.3) is 0 Å². The summed E-state index contributed by atoms with van der Waals surface area (Å²) < 4.78 is 5.73. The van der Waals surface area contributed by atoms with Crippen LogP contribution >= 0.6 is 0 Å². The molecule has 3 N–H and O–H groups in total. The SMILES string of the molecule is CC(OCC(=NNC(N)=O)c1ccccc1)=C(C#N)c1ccccc1. The van der Waals surface area contributed by atoms with Gasteiger partial charge in [-0.15, -0.1) is 0 Å². The first-order chi connectivity index (χ1) is 12.1. The zero-order valence-electron chi connectivity index (χ0n) is 13.8. The third-order valence-corrected chi connectivity index (χ3v) is 3.36. The fourth-order valence-electron chi connectivity index (χ4n) is 2.13. The number of nitrogens with two attached hydrogens (primary N) is 1. The molecular weight excluding hydrogens is 316 g/mol. The number of amides is 2. The average molecular weight is 334 g/mol. The molecule has 0 aromatic heterocycles. The number of urea groups is 1. The standard InChI is InChI=1S/C19H18N4O2/c1-14(17(12-20)15-8-4-2-5-9-15)25-13-18(22-23-19(21)24)16-10-6-3-7-11-16/h2-11H,13H2,1H3,(H3,21,23,24). The maximum absolute atomic E-state index is 10.9. The summed E-state index contributed by atoms with van der Waals surface area (Å²) in [5.74, 6) is 0.469. The van der Waals surface area contributed by atoms with Crippen LogP contribution in [0.25, 0.3) is 5.57 Å². The van der Waals surface area contributed by atoms with Crippen LogP contribution in [0.1, 0.15) is 18.1 Å². The van der Waals surface area contributed by atoms with Crippen molar-refractivity contribution in [1.82, 2.24) is 5.43 Å². The van der Waals surface area contributed by atoms with Crippen LogP contribution in [0.15, 0.2) is 71.5 Å². The lowest BCUT2D eigenvalue weighted by Crippen LogP contribution is -2.27. The van der Waals surface area contributed by atoms with E-state index in [0.717, 1.165) is 11.1 Å². The molecule has 0 spiro atoms. The van der Waals surface area contributed by atoms with E-state index in [1.807, 2.05) is 60.7 Å². The third-order valence-electron chi connectivity index (χ3n) is 3.36. The van der Waals surface area contributed by atoms with Gasteiger partial charge in [0.2, 0.25) is 0 Å². The molecule has 0 aliphatic carbocycles. The lowest BCUT2D eigenvalue weighted by Gasteiger charge is -2.11. The Morgan fingerprint density at radius 3 is 2.20 bits per heavy atom. The number of hydrogen-bond donors (Lipinski definition) is 2. The highest BCUT2D eigenvalue weighted by Crippen LogP contribution is 2.18. The Morgan fingerprint density at radius 1 is 1.12 bits per heavy atom. The second-order valence-corrected chi connectivity index (χ2v) is 5.10. The van der Waals surface area contributed by atoms with Crippen molar-refractivity contribution in [3.63, 3.8) is 0 Å². The fraction of sp³-hybridized carbons (Fsp3) is 0.105. The first-order valence-electron chi connectivity index (χ1n) is 7.58. The van der Waals surface area contributed by atoms with Gasteiger partial charge in [-0.1, -0.05) is 60.7 Å². The predicted octanol–water partition coefficient (Wildman–Crippen LogP) is 3.03. The Morgan fingerprint density at radius 2 is 1.68 bits per heavy atom. The van der Waals surface area contributed by atoms with Crippen molar-refractivity contribution >= 4 is 17.3 Å². The number of carbonyl (C=O) groups is 1. The first kappa shape index (κ1) is 17.8. The van der Waals surface area contributed by atoms with Gasteiger partial charge in [0.05, 0.1) is 5.57 Å². The Hall–Kier alpha value is -3.59. The van der Waals surface area contributed by atoms with E-state index >= 15 is 0 Å². The van der Waals surface area contributed by atoms with Crippen LogP contribution in [0.4, 0.5) is 4.79 Å². The van der Waals surface area contributed by atoms with E-state index in [-0.39, 0.29) is 6.61 Å². The van der Waals surface area contributed by atoms with Gasteiger partial charge in [-0.25, -0.2) is 10.2 Å². The van der Waals surface area contributed by atoms with Gasteiger partial charge in [0.15, 0.2) is 0 Å². The van der Waals surface area contributed by atoms with E-state index in [2.05, 4.69) is 16.6 Å². The molecule has 0 heterocycles. The second kappa shape index (κ2) is 8.89. The van der Waals surface area contributed by atoms with Crippen LogP contribution in [0.3, 0.4) is 0 Å². The van der Waals surface area contributed by atoms with E-state index in [9.17, 15) is 10.1 Å². The number of carbonyl (C=O) groups excluding carboxylic acids is 1. The number of hydrogen-bond acceptors (Lipinski definition) is 4. The molecule has 0 atom stereocenters. The quantitative estimate of drug-likeness (QED) is 0.367. The maximum atomic E-state index is 10.9. The Balaban J connectivity index is 2.22. The van der Waals surface area contributed by atoms with Gasteiger partial charge in [0.1, 0.15) is 24.1 Å². The van der Waals surface area contributed by atoms with Gasteiger partial charge in [-0.05, 0) is 12.5 Å². The highest BCUT2D eigenvalue weighted by molar-refractivity contribution is 6.02. The summed E-state index contributed by atoms with van der Waals surface area (Å²) in [6.07, 6.45) is 0. The summed E-state index contributed by atoms with van der Waals surface area (Å²) >= 11 is 0. The summed E-state index contributed by atoms with van der Waals surface area (Å²) in [6, 6.07) is 19.9. The summed E-state index contributed by atoms with van der Waals surface area (Å²) in [5, 5.41) is 13.4. The maximum Gasteiger partial charge on any atom is 0.332 e. The van der Waals surface area contributed by atoms with Crippen LogP contribution in [0.2, 0.25) is 0 Å². The number of benzene rings is 2. The van der Waals surface area contributed by atoms with E-state index in [0.29, 0.717) is 17.0 Å². The summed E-state index contributed by atoms with van der Waals surface area (Å²) in [5.41, 5.74) is 9.76. The van der Waals surface area contributed by atoms with Crippen LogP contribution in [-0.4, -0.2) is 18.3 Å². The van der Waals surface area contributed by atoms with E-state index < -0.39 is 6.03 Å². The number of ether oxygens (including phenoxy) is 1. The fourth-order valence-corrected chi connectivity index (χ4v) is 2.13. The number of nitrogens with zero attached hydrogens (tertiary/aromatic N) is 2. The van der Waals surface area contributed by atoms with Crippen molar-refractivity contribution in [2.75, 3.05) is 6.61 Å². The van der Waals surface area contributed by atoms with E-state index in [1.165, 1.54) is 0 Å². The molecule has 6 heteroatoms. The van der Waals surface area contributed by atoms with Crippen LogP contribution < -0.4 is 11.2 Å². The van der Waals surface area contributed by atoms with Gasteiger partial charge in [-0.3, -0.25) is 0 Å². The normalized spacial score (nSPS) is 11.9. The van der Waals surface area contributed by atoms with Crippen molar-refractivity contribution in [1.29, 1.82) is 5.26 Å². The topological polar surface area (TPSA) is 100 Å². The Labute approximate surface area is 146 Å². The molecule has 6 nitrogen and oxygen atoms in total. The molecule has 0 bridgehead atoms. The molecule has 0 saturated heterocycles. The molecule has 2 rings (SSSR count). The Kier molecular flexibility index (Phi) is 6.32. The minimum atomic E-state index is -0.761. The Bertz CT molecular complexity index is 822. The number of nitriles is 1. The third kappa shape index (κ3) is 5.22. The summed E-state index contributed by atoms with van der Waals surface area (Å²) in [4.78, 5) is 10.9. The molecule has 2 aromatic carbocycles. The average Bonchev–Trinajstić information content (AvgIpc) is 2.64. The van der Waals surface area contributed by atoms with Gasteiger partial charge >= 0.3 is 6.03 Å². The molecule has 25 heavy (non-hydrogen) atoms. The second-order valence-electron chi connectivity index (χ2n) is 5.10.